The molecular formula is C20H21N3O2. The summed E-state index contributed by atoms with van der Waals surface area (Å²) in [5.74, 6) is 0.605. The molecule has 0 unspecified atom stereocenters. The molecule has 25 heavy (non-hydrogen) atoms. The van der Waals surface area contributed by atoms with E-state index in [-0.39, 0.29) is 5.75 Å². The summed E-state index contributed by atoms with van der Waals surface area (Å²) in [7, 11) is 0. The molecule has 0 radical (unpaired) electrons. The fourth-order valence-corrected chi connectivity index (χ4v) is 1.94. The molecule has 0 aliphatic carbocycles. The lowest BCUT2D eigenvalue weighted by Gasteiger charge is -2.02. The number of aliphatic imine (C=N–C) groups is 1. The molecule has 0 amide bonds. The smallest absolute Gasteiger partial charge is 0.141 e. The summed E-state index contributed by atoms with van der Waals surface area (Å²) < 4.78 is 1.62. The number of aromatic hydroxyl groups is 2. The summed E-state index contributed by atoms with van der Waals surface area (Å²) >= 11 is 0. The van der Waals surface area contributed by atoms with E-state index in [9.17, 15) is 5.11 Å². The van der Waals surface area contributed by atoms with Crippen molar-refractivity contribution >= 4 is 6.21 Å². The molecule has 5 heteroatoms. The van der Waals surface area contributed by atoms with Gasteiger partial charge in [0, 0.05) is 18.6 Å². The number of aromatic nitrogens is 2. The van der Waals surface area contributed by atoms with E-state index >= 15 is 0 Å². The largest absolute Gasteiger partial charge is 0.508 e. The Morgan fingerprint density at radius 3 is 2.08 bits per heavy atom. The van der Waals surface area contributed by atoms with Crippen LogP contribution in [0.3, 0.4) is 0 Å². The second-order valence-electron chi connectivity index (χ2n) is 5.17. The Morgan fingerprint density at radius 2 is 1.64 bits per heavy atom. The zero-order chi connectivity index (χ0) is 17.9. The monoisotopic (exact) mass is 335 g/mol. The Bertz CT molecular complexity index is 793. The molecule has 2 heterocycles. The third-order valence-electron chi connectivity index (χ3n) is 3.29. The zero-order valence-electron chi connectivity index (χ0n) is 14.0. The van der Waals surface area contributed by atoms with Crippen LogP contribution in [0.5, 0.6) is 11.5 Å². The number of phenols is 2. The summed E-state index contributed by atoms with van der Waals surface area (Å²) in [6.45, 7) is 2.76. The Kier molecular flexibility index (Phi) is 7.00. The van der Waals surface area contributed by atoms with Crippen LogP contribution in [0.4, 0.5) is 0 Å². The molecule has 4 rings (SSSR count). The predicted molar refractivity (Wildman–Crippen MR) is 101 cm³/mol. The van der Waals surface area contributed by atoms with Crippen molar-refractivity contribution in [2.24, 2.45) is 4.99 Å². The molecule has 1 aliphatic rings. The second-order valence-corrected chi connectivity index (χ2v) is 5.17. The lowest BCUT2D eigenvalue weighted by atomic mass is 10.2. The molecule has 2 aromatic carbocycles. The van der Waals surface area contributed by atoms with Crippen LogP contribution in [0.1, 0.15) is 5.56 Å². The number of aryl methyl sites for hydroxylation is 1. The molecule has 3 aromatic rings. The minimum Gasteiger partial charge on any atom is -0.508 e. The third kappa shape index (κ3) is 5.99. The van der Waals surface area contributed by atoms with Crippen molar-refractivity contribution in [3.63, 3.8) is 0 Å². The standard InChI is InChI=1S/C9H8N2O.C7H8O.C4H5N/c12-9-5-2-1-4-8(9)11-7-3-6-10-11;1-6-4-2-3-5-7(6)8;1-2-4-5-3-1/h1-7,12H;2-5,8H,1H3;1-3H,4H2. The van der Waals surface area contributed by atoms with Crippen LogP contribution < -0.4 is 0 Å². The van der Waals surface area contributed by atoms with E-state index in [1.807, 2.05) is 55.5 Å². The highest BCUT2D eigenvalue weighted by Crippen LogP contribution is 2.18. The topological polar surface area (TPSA) is 70.6 Å². The van der Waals surface area contributed by atoms with E-state index in [0.717, 1.165) is 12.1 Å². The van der Waals surface area contributed by atoms with Crippen LogP contribution in [0.25, 0.3) is 5.69 Å². The van der Waals surface area contributed by atoms with E-state index in [4.69, 9.17) is 5.11 Å². The second kappa shape index (κ2) is 9.72. The Balaban J connectivity index is 0.000000149. The molecule has 2 N–H and O–H groups in total. The van der Waals surface area contributed by atoms with Gasteiger partial charge >= 0.3 is 0 Å². The van der Waals surface area contributed by atoms with Crippen molar-refractivity contribution in [1.82, 2.24) is 9.78 Å². The average Bonchev–Trinajstić information content (AvgIpc) is 3.35. The lowest BCUT2D eigenvalue weighted by Crippen LogP contribution is -1.93. The minimum absolute atomic E-state index is 0.237. The maximum Gasteiger partial charge on any atom is 0.141 e. The SMILES string of the molecule is C1=CCN=C1.Cc1ccccc1O.Oc1ccccc1-n1cccn1. The van der Waals surface area contributed by atoms with Crippen molar-refractivity contribution in [3.8, 4) is 17.2 Å². The van der Waals surface area contributed by atoms with Crippen LogP contribution in [-0.4, -0.2) is 32.8 Å². The van der Waals surface area contributed by atoms with Crippen molar-refractivity contribution in [2.45, 2.75) is 6.92 Å². The molecule has 1 aliphatic heterocycles. The highest BCUT2D eigenvalue weighted by molar-refractivity contribution is 5.73. The maximum absolute atomic E-state index is 9.42. The van der Waals surface area contributed by atoms with E-state index in [1.165, 1.54) is 0 Å². The molecule has 1 aromatic heterocycles. The number of benzene rings is 2. The van der Waals surface area contributed by atoms with E-state index in [2.05, 4.69) is 10.1 Å². The number of rotatable bonds is 1. The lowest BCUT2D eigenvalue weighted by molar-refractivity contribution is 0.470. The number of hydrogen-bond donors (Lipinski definition) is 2. The van der Waals surface area contributed by atoms with Crippen LogP contribution in [-0.2, 0) is 0 Å². The van der Waals surface area contributed by atoms with Gasteiger partial charge in [-0.15, -0.1) is 0 Å². The van der Waals surface area contributed by atoms with Gasteiger partial charge in [0.15, 0.2) is 0 Å². The third-order valence-corrected chi connectivity index (χ3v) is 3.29. The van der Waals surface area contributed by atoms with Crippen LogP contribution in [0.2, 0.25) is 0 Å². The van der Waals surface area contributed by atoms with Crippen molar-refractivity contribution in [3.05, 3.63) is 84.7 Å². The molecule has 0 atom stereocenters. The van der Waals surface area contributed by atoms with Crippen molar-refractivity contribution in [2.75, 3.05) is 6.54 Å². The van der Waals surface area contributed by atoms with E-state index < -0.39 is 0 Å². The summed E-state index contributed by atoms with van der Waals surface area (Å²) in [6.07, 6.45) is 9.22. The molecule has 0 bridgehead atoms. The van der Waals surface area contributed by atoms with Crippen LogP contribution in [0, 0.1) is 6.92 Å². The number of phenolic OH excluding ortho intramolecular Hbond substituents is 2. The summed E-state index contributed by atoms with van der Waals surface area (Å²) in [5, 5.41) is 22.3. The van der Waals surface area contributed by atoms with Gasteiger partial charge in [-0.2, -0.15) is 5.10 Å². The Morgan fingerprint density at radius 1 is 0.920 bits per heavy atom. The van der Waals surface area contributed by atoms with Gasteiger partial charge in [-0.05, 0) is 42.8 Å². The number of para-hydroxylation sites is 3. The van der Waals surface area contributed by atoms with Gasteiger partial charge in [0.25, 0.3) is 0 Å². The highest BCUT2D eigenvalue weighted by Gasteiger charge is 1.99. The molecule has 0 saturated carbocycles. The van der Waals surface area contributed by atoms with E-state index in [0.29, 0.717) is 11.4 Å². The highest BCUT2D eigenvalue weighted by atomic mass is 16.3. The summed E-state index contributed by atoms with van der Waals surface area (Å²) in [4.78, 5) is 3.85. The first-order valence-corrected chi connectivity index (χ1v) is 7.86. The molecule has 5 nitrogen and oxygen atoms in total. The summed E-state index contributed by atoms with van der Waals surface area (Å²) in [5.41, 5.74) is 1.62. The van der Waals surface area contributed by atoms with Gasteiger partial charge in [-0.3, -0.25) is 4.99 Å². The van der Waals surface area contributed by atoms with Gasteiger partial charge < -0.3 is 10.2 Å². The molecule has 0 saturated heterocycles. The van der Waals surface area contributed by atoms with E-state index in [1.54, 1.807) is 41.5 Å². The van der Waals surface area contributed by atoms with Gasteiger partial charge in [-0.25, -0.2) is 4.68 Å². The number of allylic oxidation sites excluding steroid dienone is 1. The van der Waals surface area contributed by atoms with Gasteiger partial charge in [0.1, 0.15) is 17.2 Å². The van der Waals surface area contributed by atoms with Crippen molar-refractivity contribution in [1.29, 1.82) is 0 Å². The first kappa shape index (κ1) is 18.0. The first-order valence-electron chi connectivity index (χ1n) is 7.86. The fraction of sp³-hybridized carbons (Fsp3) is 0.100. The molecule has 0 spiro atoms. The number of nitrogens with zero attached hydrogens (tertiary/aromatic N) is 3. The number of hydrogen-bond acceptors (Lipinski definition) is 4. The average molecular weight is 335 g/mol. The van der Waals surface area contributed by atoms with Gasteiger partial charge in [0.2, 0.25) is 0 Å². The normalized spacial score (nSPS) is 11.2. The fourth-order valence-electron chi connectivity index (χ4n) is 1.94. The van der Waals surface area contributed by atoms with Gasteiger partial charge in [-0.1, -0.05) is 36.4 Å². The Labute approximate surface area is 147 Å². The zero-order valence-corrected chi connectivity index (χ0v) is 14.0. The maximum atomic E-state index is 9.42. The van der Waals surface area contributed by atoms with Gasteiger partial charge in [0.05, 0.1) is 6.54 Å². The molecule has 128 valence electrons. The van der Waals surface area contributed by atoms with Crippen LogP contribution in [0.15, 0.2) is 84.1 Å². The molecular weight excluding hydrogens is 314 g/mol. The molecule has 0 fully saturated rings. The Hall–Kier alpha value is -3.34. The minimum atomic E-state index is 0.237. The summed E-state index contributed by atoms with van der Waals surface area (Å²) in [6, 6.07) is 16.1. The predicted octanol–water partition coefficient (Wildman–Crippen LogP) is 3.91. The quantitative estimate of drug-likeness (QED) is 0.708. The first-order chi connectivity index (χ1) is 12.2. The van der Waals surface area contributed by atoms with Crippen molar-refractivity contribution < 1.29 is 10.2 Å². The van der Waals surface area contributed by atoms with Crippen LogP contribution >= 0.6 is 0 Å².